The van der Waals surface area contributed by atoms with Crippen LogP contribution in [0.2, 0.25) is 0 Å². The van der Waals surface area contributed by atoms with E-state index in [1.165, 1.54) is 0 Å². The third-order valence-corrected chi connectivity index (χ3v) is 3.07. The Bertz CT molecular complexity index is 208. The molecule has 1 rings (SSSR count). The van der Waals surface area contributed by atoms with Crippen LogP contribution in [0, 0.1) is 0 Å². The third-order valence-electron chi connectivity index (χ3n) is 3.07. The van der Waals surface area contributed by atoms with Gasteiger partial charge in [0.25, 0.3) is 0 Å². The normalized spacial score (nSPS) is 26.1. The van der Waals surface area contributed by atoms with Crippen LogP contribution in [-0.2, 0) is 4.74 Å². The van der Waals surface area contributed by atoms with Gasteiger partial charge in [-0.25, -0.2) is 0 Å². The first-order chi connectivity index (χ1) is 8.01. The fraction of sp³-hybridized carbons (Fsp3) is 1.00. The maximum Gasteiger partial charge on any atom is 0.411 e. The number of hydrogen-bond donors (Lipinski definition) is 1. The van der Waals surface area contributed by atoms with E-state index in [4.69, 9.17) is 4.74 Å². The molecule has 2 nitrogen and oxygen atoms in total. The van der Waals surface area contributed by atoms with Crippen molar-refractivity contribution in [2.24, 2.45) is 0 Å². The van der Waals surface area contributed by atoms with Gasteiger partial charge in [0.05, 0.1) is 6.10 Å². The SMILES string of the molecule is CCCCNC1CCCC(OCC(F)(F)F)C1. The van der Waals surface area contributed by atoms with Gasteiger partial charge in [0.2, 0.25) is 0 Å². The molecule has 0 aromatic carbocycles. The molecule has 0 spiro atoms. The Labute approximate surface area is 101 Å². The molecule has 2 unspecified atom stereocenters. The summed E-state index contributed by atoms with van der Waals surface area (Å²) in [7, 11) is 0. The minimum atomic E-state index is -4.21. The predicted octanol–water partition coefficient (Wildman–Crippen LogP) is 3.27. The predicted molar refractivity (Wildman–Crippen MR) is 61.0 cm³/mol. The van der Waals surface area contributed by atoms with E-state index in [0.29, 0.717) is 12.5 Å². The molecule has 1 saturated carbocycles. The number of nitrogens with one attached hydrogen (secondary N) is 1. The fourth-order valence-corrected chi connectivity index (χ4v) is 2.18. The second kappa shape index (κ2) is 7.21. The highest BCUT2D eigenvalue weighted by atomic mass is 19.4. The Hall–Kier alpha value is -0.290. The summed E-state index contributed by atoms with van der Waals surface area (Å²) >= 11 is 0. The molecule has 5 heteroatoms. The van der Waals surface area contributed by atoms with Crippen molar-refractivity contribution in [1.82, 2.24) is 5.32 Å². The molecule has 1 aliphatic rings. The first kappa shape index (κ1) is 14.8. The van der Waals surface area contributed by atoms with Crippen molar-refractivity contribution in [3.8, 4) is 0 Å². The average Bonchev–Trinajstić information content (AvgIpc) is 2.27. The van der Waals surface area contributed by atoms with Crippen LogP contribution in [0.3, 0.4) is 0 Å². The molecular weight excluding hydrogens is 231 g/mol. The van der Waals surface area contributed by atoms with E-state index in [1.54, 1.807) is 0 Å². The van der Waals surface area contributed by atoms with Gasteiger partial charge in [-0.3, -0.25) is 0 Å². The number of ether oxygens (including phenoxy) is 1. The quantitative estimate of drug-likeness (QED) is 0.734. The molecule has 17 heavy (non-hydrogen) atoms. The molecule has 0 aliphatic heterocycles. The zero-order valence-electron chi connectivity index (χ0n) is 10.4. The monoisotopic (exact) mass is 253 g/mol. The van der Waals surface area contributed by atoms with E-state index in [1.807, 2.05) is 0 Å². The molecule has 1 fully saturated rings. The maximum atomic E-state index is 12.0. The van der Waals surface area contributed by atoms with Crippen LogP contribution in [0.1, 0.15) is 45.4 Å². The fourth-order valence-electron chi connectivity index (χ4n) is 2.18. The van der Waals surface area contributed by atoms with E-state index in [9.17, 15) is 13.2 Å². The number of unbranched alkanes of at least 4 members (excludes halogenated alkanes) is 1. The zero-order valence-corrected chi connectivity index (χ0v) is 10.4. The van der Waals surface area contributed by atoms with Gasteiger partial charge in [0.15, 0.2) is 0 Å². The molecule has 102 valence electrons. The highest BCUT2D eigenvalue weighted by molar-refractivity contribution is 4.78. The Kier molecular flexibility index (Phi) is 6.27. The Morgan fingerprint density at radius 1 is 1.29 bits per heavy atom. The van der Waals surface area contributed by atoms with E-state index in [0.717, 1.165) is 38.6 Å². The van der Waals surface area contributed by atoms with Gasteiger partial charge in [-0.15, -0.1) is 0 Å². The topological polar surface area (TPSA) is 21.3 Å². The van der Waals surface area contributed by atoms with Crippen molar-refractivity contribution in [3.63, 3.8) is 0 Å². The third kappa shape index (κ3) is 6.88. The second-order valence-electron chi connectivity index (χ2n) is 4.72. The molecule has 1 N–H and O–H groups in total. The summed E-state index contributed by atoms with van der Waals surface area (Å²) < 4.78 is 41.0. The Morgan fingerprint density at radius 3 is 2.71 bits per heavy atom. The largest absolute Gasteiger partial charge is 0.411 e. The van der Waals surface area contributed by atoms with Crippen molar-refractivity contribution < 1.29 is 17.9 Å². The molecule has 0 aromatic rings. The van der Waals surface area contributed by atoms with Gasteiger partial charge in [-0.05, 0) is 38.6 Å². The Morgan fingerprint density at radius 2 is 2.06 bits per heavy atom. The van der Waals surface area contributed by atoms with Crippen LogP contribution in [0.15, 0.2) is 0 Å². The molecule has 0 amide bonds. The highest BCUT2D eigenvalue weighted by Crippen LogP contribution is 2.24. The summed E-state index contributed by atoms with van der Waals surface area (Å²) in [5, 5.41) is 3.39. The summed E-state index contributed by atoms with van der Waals surface area (Å²) in [6.07, 6.45) is 1.27. The second-order valence-corrected chi connectivity index (χ2v) is 4.72. The first-order valence-electron chi connectivity index (χ1n) is 6.43. The average molecular weight is 253 g/mol. The molecular formula is C12H22F3NO. The van der Waals surface area contributed by atoms with Gasteiger partial charge >= 0.3 is 6.18 Å². The summed E-state index contributed by atoms with van der Waals surface area (Å²) in [5.41, 5.74) is 0. The number of halogens is 3. The van der Waals surface area contributed by atoms with Crippen molar-refractivity contribution in [3.05, 3.63) is 0 Å². The summed E-state index contributed by atoms with van der Waals surface area (Å²) in [4.78, 5) is 0. The summed E-state index contributed by atoms with van der Waals surface area (Å²) in [6.45, 7) is 1.96. The number of alkyl halides is 3. The molecule has 0 saturated heterocycles. The van der Waals surface area contributed by atoms with Crippen LogP contribution >= 0.6 is 0 Å². The lowest BCUT2D eigenvalue weighted by atomic mass is 9.93. The first-order valence-corrected chi connectivity index (χ1v) is 6.43. The van der Waals surface area contributed by atoms with Gasteiger partial charge in [-0.1, -0.05) is 13.3 Å². The Balaban J connectivity index is 2.19. The van der Waals surface area contributed by atoms with Crippen LogP contribution in [0.25, 0.3) is 0 Å². The minimum absolute atomic E-state index is 0.232. The lowest BCUT2D eigenvalue weighted by Gasteiger charge is -2.30. The van der Waals surface area contributed by atoms with Crippen LogP contribution < -0.4 is 5.32 Å². The minimum Gasteiger partial charge on any atom is -0.369 e. The van der Waals surface area contributed by atoms with Crippen LogP contribution in [0.5, 0.6) is 0 Å². The molecule has 2 atom stereocenters. The lowest BCUT2D eigenvalue weighted by Crippen LogP contribution is -2.38. The number of rotatable bonds is 6. The van der Waals surface area contributed by atoms with Crippen LogP contribution in [-0.4, -0.2) is 31.5 Å². The van der Waals surface area contributed by atoms with Gasteiger partial charge in [0.1, 0.15) is 6.61 Å². The molecule has 0 aromatic heterocycles. The number of hydrogen-bond acceptors (Lipinski definition) is 2. The standard InChI is InChI=1S/C12H22F3NO/c1-2-3-7-16-10-5-4-6-11(8-10)17-9-12(13,14)15/h10-11,16H,2-9H2,1H3. The molecule has 1 aliphatic carbocycles. The highest BCUT2D eigenvalue weighted by Gasteiger charge is 2.31. The molecule has 0 heterocycles. The summed E-state index contributed by atoms with van der Waals surface area (Å²) in [6, 6.07) is 0.327. The zero-order chi connectivity index (χ0) is 12.7. The van der Waals surface area contributed by atoms with E-state index >= 15 is 0 Å². The maximum absolute atomic E-state index is 12.0. The summed E-state index contributed by atoms with van der Waals surface area (Å²) in [5.74, 6) is 0. The van der Waals surface area contributed by atoms with E-state index in [2.05, 4.69) is 12.2 Å². The van der Waals surface area contributed by atoms with Crippen molar-refractivity contribution in [2.75, 3.05) is 13.2 Å². The van der Waals surface area contributed by atoms with Crippen LogP contribution in [0.4, 0.5) is 13.2 Å². The van der Waals surface area contributed by atoms with Crippen molar-refractivity contribution in [2.45, 2.75) is 63.8 Å². The molecule has 0 bridgehead atoms. The molecule has 0 radical (unpaired) electrons. The van der Waals surface area contributed by atoms with Crippen molar-refractivity contribution in [1.29, 1.82) is 0 Å². The van der Waals surface area contributed by atoms with E-state index in [-0.39, 0.29) is 6.10 Å². The van der Waals surface area contributed by atoms with E-state index < -0.39 is 12.8 Å². The van der Waals surface area contributed by atoms with Crippen molar-refractivity contribution >= 4 is 0 Å². The smallest absolute Gasteiger partial charge is 0.369 e. The van der Waals surface area contributed by atoms with Gasteiger partial charge in [-0.2, -0.15) is 13.2 Å². The van der Waals surface area contributed by atoms with Gasteiger partial charge < -0.3 is 10.1 Å². The lowest BCUT2D eigenvalue weighted by molar-refractivity contribution is -0.188. The van der Waals surface area contributed by atoms with Gasteiger partial charge in [0, 0.05) is 6.04 Å².